The third-order valence-electron chi connectivity index (χ3n) is 3.07. The molecule has 2 aromatic heterocycles. The Bertz CT molecular complexity index is 500. The highest BCUT2D eigenvalue weighted by Gasteiger charge is 2.12. The van der Waals surface area contributed by atoms with Crippen LogP contribution < -0.4 is 4.90 Å². The molecule has 16 heavy (non-hydrogen) atoms. The molecule has 1 aliphatic rings. The van der Waals surface area contributed by atoms with Gasteiger partial charge < -0.3 is 9.64 Å². The van der Waals surface area contributed by atoms with Gasteiger partial charge in [0.15, 0.2) is 0 Å². The molecule has 1 fully saturated rings. The van der Waals surface area contributed by atoms with Crippen LogP contribution in [0, 0.1) is 6.92 Å². The lowest BCUT2D eigenvalue weighted by atomic mass is 10.2. The van der Waals surface area contributed by atoms with Gasteiger partial charge in [0, 0.05) is 25.0 Å². The highest BCUT2D eigenvalue weighted by atomic mass is 16.5. The van der Waals surface area contributed by atoms with E-state index >= 15 is 0 Å². The third-order valence-corrected chi connectivity index (χ3v) is 3.07. The van der Waals surface area contributed by atoms with Crippen LogP contribution in [-0.4, -0.2) is 35.9 Å². The maximum Gasteiger partial charge on any atom is 0.0711 e. The predicted molar refractivity (Wildman–Crippen MR) is 63.0 cm³/mol. The summed E-state index contributed by atoms with van der Waals surface area (Å²) in [5.74, 6) is 0. The van der Waals surface area contributed by atoms with Crippen molar-refractivity contribution in [2.75, 3.05) is 31.2 Å². The second kappa shape index (κ2) is 3.79. The molecule has 0 saturated carbocycles. The SMILES string of the molecule is Cc1cnn2ccc(N3CCOCC3)cc12. The molecular formula is C12H15N3O. The molecule has 1 saturated heterocycles. The van der Waals surface area contributed by atoms with Gasteiger partial charge in [-0.3, -0.25) is 0 Å². The fraction of sp³-hybridized carbons (Fsp3) is 0.417. The van der Waals surface area contributed by atoms with Crippen LogP contribution in [0.1, 0.15) is 5.56 Å². The number of nitrogens with zero attached hydrogens (tertiary/aromatic N) is 3. The zero-order valence-electron chi connectivity index (χ0n) is 9.39. The Balaban J connectivity index is 1.99. The van der Waals surface area contributed by atoms with Crippen LogP contribution in [0.25, 0.3) is 5.52 Å². The van der Waals surface area contributed by atoms with Gasteiger partial charge >= 0.3 is 0 Å². The topological polar surface area (TPSA) is 29.8 Å². The third kappa shape index (κ3) is 1.55. The number of aryl methyl sites for hydroxylation is 1. The fourth-order valence-electron chi connectivity index (χ4n) is 2.11. The molecule has 0 aliphatic carbocycles. The lowest BCUT2D eigenvalue weighted by Gasteiger charge is -2.28. The Morgan fingerprint density at radius 3 is 2.94 bits per heavy atom. The van der Waals surface area contributed by atoms with Crippen molar-refractivity contribution in [3.8, 4) is 0 Å². The molecule has 1 aliphatic heterocycles. The lowest BCUT2D eigenvalue weighted by molar-refractivity contribution is 0.122. The van der Waals surface area contributed by atoms with Gasteiger partial charge in [-0.15, -0.1) is 0 Å². The van der Waals surface area contributed by atoms with Gasteiger partial charge in [-0.05, 0) is 24.6 Å². The van der Waals surface area contributed by atoms with Gasteiger partial charge in [-0.25, -0.2) is 4.52 Å². The zero-order chi connectivity index (χ0) is 11.0. The molecule has 0 unspecified atom stereocenters. The number of fused-ring (bicyclic) bond motifs is 1. The number of anilines is 1. The van der Waals surface area contributed by atoms with Crippen molar-refractivity contribution in [2.45, 2.75) is 6.92 Å². The fourth-order valence-corrected chi connectivity index (χ4v) is 2.11. The summed E-state index contributed by atoms with van der Waals surface area (Å²) in [6.07, 6.45) is 3.92. The highest BCUT2D eigenvalue weighted by molar-refractivity contribution is 5.62. The molecule has 4 nitrogen and oxygen atoms in total. The van der Waals surface area contributed by atoms with Gasteiger partial charge in [-0.1, -0.05) is 0 Å². The number of hydrogen-bond acceptors (Lipinski definition) is 3. The predicted octanol–water partition coefficient (Wildman–Crippen LogP) is 1.48. The summed E-state index contributed by atoms with van der Waals surface area (Å²) in [6.45, 7) is 5.69. The van der Waals surface area contributed by atoms with Crippen LogP contribution in [0.4, 0.5) is 5.69 Å². The van der Waals surface area contributed by atoms with Crippen molar-refractivity contribution in [3.05, 3.63) is 30.1 Å². The van der Waals surface area contributed by atoms with Crippen molar-refractivity contribution in [2.24, 2.45) is 0 Å². The summed E-state index contributed by atoms with van der Waals surface area (Å²) in [6, 6.07) is 4.32. The Morgan fingerprint density at radius 2 is 2.12 bits per heavy atom. The van der Waals surface area contributed by atoms with Crippen LogP contribution in [-0.2, 0) is 4.74 Å². The molecule has 0 bridgehead atoms. The molecule has 4 heteroatoms. The highest BCUT2D eigenvalue weighted by Crippen LogP contribution is 2.19. The summed E-state index contributed by atoms with van der Waals surface area (Å²) in [5, 5.41) is 4.28. The molecule has 84 valence electrons. The van der Waals surface area contributed by atoms with Gasteiger partial charge in [0.1, 0.15) is 0 Å². The summed E-state index contributed by atoms with van der Waals surface area (Å²) >= 11 is 0. The van der Waals surface area contributed by atoms with E-state index in [9.17, 15) is 0 Å². The van der Waals surface area contributed by atoms with E-state index in [1.165, 1.54) is 16.8 Å². The van der Waals surface area contributed by atoms with Crippen molar-refractivity contribution >= 4 is 11.2 Å². The van der Waals surface area contributed by atoms with E-state index in [0.717, 1.165) is 26.3 Å². The van der Waals surface area contributed by atoms with Crippen LogP contribution >= 0.6 is 0 Å². The first-order valence-electron chi connectivity index (χ1n) is 5.61. The first kappa shape index (κ1) is 9.66. The van der Waals surface area contributed by atoms with E-state index in [4.69, 9.17) is 4.74 Å². The Kier molecular flexibility index (Phi) is 2.29. The zero-order valence-corrected chi connectivity index (χ0v) is 9.39. The molecule has 3 rings (SSSR count). The first-order chi connectivity index (χ1) is 7.84. The van der Waals surface area contributed by atoms with Gasteiger partial charge in [0.05, 0.1) is 24.9 Å². The number of ether oxygens (including phenoxy) is 1. The van der Waals surface area contributed by atoms with Crippen molar-refractivity contribution < 1.29 is 4.74 Å². The van der Waals surface area contributed by atoms with Crippen LogP contribution in [0.15, 0.2) is 24.5 Å². The molecule has 2 aromatic rings. The summed E-state index contributed by atoms with van der Waals surface area (Å²) in [4.78, 5) is 2.36. The normalized spacial score (nSPS) is 16.9. The molecule has 0 amide bonds. The number of pyridine rings is 1. The number of rotatable bonds is 1. The summed E-state index contributed by atoms with van der Waals surface area (Å²) in [7, 11) is 0. The maximum absolute atomic E-state index is 5.36. The van der Waals surface area contributed by atoms with E-state index in [1.807, 2.05) is 16.9 Å². The number of hydrogen-bond donors (Lipinski definition) is 0. The average Bonchev–Trinajstić information content (AvgIpc) is 2.72. The van der Waals surface area contributed by atoms with Gasteiger partial charge in [0.2, 0.25) is 0 Å². The van der Waals surface area contributed by atoms with Crippen LogP contribution in [0.5, 0.6) is 0 Å². The summed E-state index contributed by atoms with van der Waals surface area (Å²) in [5.41, 5.74) is 3.67. The van der Waals surface area contributed by atoms with E-state index in [-0.39, 0.29) is 0 Å². The van der Waals surface area contributed by atoms with Crippen molar-refractivity contribution in [1.82, 2.24) is 9.61 Å². The monoisotopic (exact) mass is 217 g/mol. The molecular weight excluding hydrogens is 202 g/mol. The van der Waals surface area contributed by atoms with E-state index < -0.39 is 0 Å². The summed E-state index contributed by atoms with van der Waals surface area (Å²) < 4.78 is 7.27. The van der Waals surface area contributed by atoms with Gasteiger partial charge in [-0.2, -0.15) is 5.10 Å². The number of morpholine rings is 1. The van der Waals surface area contributed by atoms with Crippen LogP contribution in [0.3, 0.4) is 0 Å². The Labute approximate surface area is 94.4 Å². The molecule has 0 spiro atoms. The largest absolute Gasteiger partial charge is 0.378 e. The van der Waals surface area contributed by atoms with E-state index in [0.29, 0.717) is 0 Å². The van der Waals surface area contributed by atoms with E-state index in [1.54, 1.807) is 0 Å². The minimum atomic E-state index is 0.823. The molecule has 0 radical (unpaired) electrons. The van der Waals surface area contributed by atoms with Crippen LogP contribution in [0.2, 0.25) is 0 Å². The molecule has 0 atom stereocenters. The molecule has 0 N–H and O–H groups in total. The molecule has 0 aromatic carbocycles. The second-order valence-electron chi connectivity index (χ2n) is 4.14. The maximum atomic E-state index is 5.36. The van der Waals surface area contributed by atoms with Gasteiger partial charge in [0.25, 0.3) is 0 Å². The standard InChI is InChI=1S/C12H15N3O/c1-10-9-13-15-3-2-11(8-12(10)15)14-4-6-16-7-5-14/h2-3,8-9H,4-7H2,1H3. The van der Waals surface area contributed by atoms with Crippen molar-refractivity contribution in [1.29, 1.82) is 0 Å². The Hall–Kier alpha value is -1.55. The number of aromatic nitrogens is 2. The molecule has 3 heterocycles. The minimum absolute atomic E-state index is 0.823. The van der Waals surface area contributed by atoms with Crippen molar-refractivity contribution in [3.63, 3.8) is 0 Å². The van der Waals surface area contributed by atoms with E-state index in [2.05, 4.69) is 29.1 Å². The smallest absolute Gasteiger partial charge is 0.0711 e. The Morgan fingerprint density at radius 1 is 1.31 bits per heavy atom. The minimum Gasteiger partial charge on any atom is -0.378 e. The first-order valence-corrected chi connectivity index (χ1v) is 5.61. The quantitative estimate of drug-likeness (QED) is 0.724. The second-order valence-corrected chi connectivity index (χ2v) is 4.14. The average molecular weight is 217 g/mol. The lowest BCUT2D eigenvalue weighted by Crippen LogP contribution is -2.36.